The molecule has 0 saturated carbocycles. The van der Waals surface area contributed by atoms with Crippen molar-refractivity contribution >= 4 is 46.6 Å². The van der Waals surface area contributed by atoms with E-state index in [0.717, 1.165) is 37.8 Å². The van der Waals surface area contributed by atoms with E-state index in [2.05, 4.69) is 46.9 Å². The molecule has 2 heterocycles. The number of ether oxygens (including phenoxy) is 10. The van der Waals surface area contributed by atoms with Crippen LogP contribution in [0.15, 0.2) is 182 Å². The molecule has 360 valence electrons. The quantitative estimate of drug-likeness (QED) is 0.0431. The van der Waals surface area contributed by atoms with Gasteiger partial charge in [-0.2, -0.15) is 0 Å². The Balaban J connectivity index is 0.00000684. The molecule has 0 radical (unpaired) electrons. The van der Waals surface area contributed by atoms with E-state index in [1.807, 2.05) is 158 Å². The Hall–Kier alpha value is -3.62. The molecule has 10 atom stereocenters. The maximum absolute atomic E-state index is 7.02. The van der Waals surface area contributed by atoms with Crippen LogP contribution in [0.5, 0.6) is 0 Å². The van der Waals surface area contributed by atoms with Gasteiger partial charge in [-0.25, -0.2) is 0 Å². The summed E-state index contributed by atoms with van der Waals surface area (Å²) in [6, 6.07) is 60.6. The van der Waals surface area contributed by atoms with E-state index >= 15 is 0 Å². The highest BCUT2D eigenvalue weighted by atomic mass is 127. The van der Waals surface area contributed by atoms with Crippen LogP contribution in [-0.2, 0) is 87.0 Å². The molecule has 0 unspecified atom stereocenters. The predicted octanol–water partition coefficient (Wildman–Crippen LogP) is 11.1. The zero-order chi connectivity index (χ0) is 45.9. The van der Waals surface area contributed by atoms with Crippen LogP contribution in [0.2, 0.25) is 0 Å². The fourth-order valence-corrected chi connectivity index (χ4v) is 9.09. The summed E-state index contributed by atoms with van der Waals surface area (Å²) >= 11 is 2.40. The first kappa shape index (κ1) is 52.2. The van der Waals surface area contributed by atoms with Crippen molar-refractivity contribution in [1.29, 1.82) is 0 Å². The summed E-state index contributed by atoms with van der Waals surface area (Å²) in [7, 11) is 1.62. The van der Waals surface area contributed by atoms with Gasteiger partial charge >= 0.3 is 0 Å². The van der Waals surface area contributed by atoms with Gasteiger partial charge in [0.2, 0.25) is 0 Å². The minimum atomic E-state index is -0.885. The van der Waals surface area contributed by atoms with Crippen molar-refractivity contribution in [3.05, 3.63) is 215 Å². The number of methoxy groups -OCH3 is 1. The lowest BCUT2D eigenvalue weighted by Crippen LogP contribution is -2.63. The van der Waals surface area contributed by atoms with E-state index in [1.165, 1.54) is 0 Å². The SMILES string of the molecule is CO[C@H]1O[C@H](CO[C@H]2O[C@H](CCI)[C@@H](OCc3ccccc3)[C@H](OCc3ccccc3)[C@H]2OCc2ccccc2)[C@@H](OCc2ccccc2)[C@H](OCc2ccccc2)[C@H]1OCc1ccccc1.I. The average Bonchev–Trinajstić information content (AvgIpc) is 3.39. The minimum Gasteiger partial charge on any atom is -0.368 e. The molecule has 68 heavy (non-hydrogen) atoms. The van der Waals surface area contributed by atoms with Gasteiger partial charge in [-0.1, -0.05) is 205 Å². The summed E-state index contributed by atoms with van der Waals surface area (Å²) in [5, 5.41) is 0. The fraction of sp³-hybridized carbons (Fsp3) is 0.357. The average molecular weight is 1150 g/mol. The third-order valence-corrected chi connectivity index (χ3v) is 12.6. The smallest absolute Gasteiger partial charge is 0.186 e. The molecule has 0 amide bonds. The topological polar surface area (TPSA) is 92.3 Å². The highest BCUT2D eigenvalue weighted by molar-refractivity contribution is 14.1. The maximum Gasteiger partial charge on any atom is 0.186 e. The normalized spacial score (nSPS) is 24.8. The lowest BCUT2D eigenvalue weighted by Gasteiger charge is -2.48. The number of hydrogen-bond acceptors (Lipinski definition) is 10. The van der Waals surface area contributed by atoms with Crippen molar-refractivity contribution in [3.8, 4) is 0 Å². The molecule has 0 bridgehead atoms. The Morgan fingerprint density at radius 1 is 0.353 bits per heavy atom. The van der Waals surface area contributed by atoms with Crippen molar-refractivity contribution in [3.63, 3.8) is 0 Å². The van der Waals surface area contributed by atoms with Gasteiger partial charge in [-0.05, 0) is 39.8 Å². The van der Waals surface area contributed by atoms with Crippen LogP contribution < -0.4 is 0 Å². The first-order chi connectivity index (χ1) is 33.1. The summed E-state index contributed by atoms with van der Waals surface area (Å²) in [5.74, 6) is 0. The second kappa shape index (κ2) is 28.3. The third-order valence-electron chi connectivity index (χ3n) is 11.9. The van der Waals surface area contributed by atoms with Crippen molar-refractivity contribution in [2.75, 3.05) is 18.1 Å². The molecule has 6 aromatic rings. The summed E-state index contributed by atoms with van der Waals surface area (Å²) in [5.41, 5.74) is 6.12. The Morgan fingerprint density at radius 2 is 0.632 bits per heavy atom. The van der Waals surface area contributed by atoms with E-state index in [4.69, 9.17) is 47.4 Å². The molecule has 2 aliphatic heterocycles. The van der Waals surface area contributed by atoms with Crippen molar-refractivity contribution in [2.24, 2.45) is 0 Å². The van der Waals surface area contributed by atoms with Crippen LogP contribution in [0.4, 0.5) is 0 Å². The fourth-order valence-electron chi connectivity index (χ4n) is 8.48. The van der Waals surface area contributed by atoms with Crippen molar-refractivity contribution in [2.45, 2.75) is 107 Å². The molecule has 0 N–H and O–H groups in total. The van der Waals surface area contributed by atoms with E-state index in [0.29, 0.717) is 46.1 Å². The summed E-state index contributed by atoms with van der Waals surface area (Å²) < 4.78 is 69.0. The summed E-state index contributed by atoms with van der Waals surface area (Å²) in [6.07, 6.45) is -5.83. The standard InChI is InChI=1S/C56H61IO10.HI/c1-58-55-53(63-38-45-28-16-6-17-29-45)52(62-37-44-26-14-5-15-27-44)50(60-35-42-22-10-3-11-23-42)48(67-55)40-65-56-54(64-39-46-30-18-7-19-31-46)51(61-36-43-24-12-4-13-25-43)49(47(66-56)32-33-57)59-34-41-20-8-2-9-21-41;/h2-31,47-56H,32-40H2,1H3;1H/t47-,48-,49-,50-,51+,52+,53-,54-,55+,56+;/m1./s1. The molecule has 2 fully saturated rings. The van der Waals surface area contributed by atoms with Crippen LogP contribution in [-0.4, -0.2) is 79.6 Å². The third kappa shape index (κ3) is 15.2. The van der Waals surface area contributed by atoms with Crippen LogP contribution >= 0.6 is 46.6 Å². The first-order valence-electron chi connectivity index (χ1n) is 23.1. The van der Waals surface area contributed by atoms with Crippen molar-refractivity contribution < 1.29 is 47.4 Å². The lowest BCUT2D eigenvalue weighted by molar-refractivity contribution is -0.349. The first-order valence-corrected chi connectivity index (χ1v) is 24.6. The van der Waals surface area contributed by atoms with Gasteiger partial charge in [0.25, 0.3) is 0 Å². The van der Waals surface area contributed by atoms with Crippen molar-refractivity contribution in [1.82, 2.24) is 0 Å². The van der Waals surface area contributed by atoms with Crippen LogP contribution in [0.25, 0.3) is 0 Å². The van der Waals surface area contributed by atoms with Gasteiger partial charge in [0.1, 0.15) is 42.7 Å². The highest BCUT2D eigenvalue weighted by Crippen LogP contribution is 2.35. The van der Waals surface area contributed by atoms with Gasteiger partial charge in [0, 0.05) is 11.5 Å². The summed E-state index contributed by atoms with van der Waals surface area (Å²) in [6.45, 7) is 2.00. The molecule has 2 aliphatic rings. The second-order valence-electron chi connectivity index (χ2n) is 16.7. The molecule has 2 saturated heterocycles. The van der Waals surface area contributed by atoms with Crippen LogP contribution in [0, 0.1) is 0 Å². The van der Waals surface area contributed by atoms with E-state index in [9.17, 15) is 0 Å². The minimum absolute atomic E-state index is 0. The number of alkyl halides is 1. The zero-order valence-electron chi connectivity index (χ0n) is 38.3. The largest absolute Gasteiger partial charge is 0.368 e. The van der Waals surface area contributed by atoms with E-state index in [-0.39, 0.29) is 36.7 Å². The number of benzene rings is 6. The van der Waals surface area contributed by atoms with Crippen LogP contribution in [0.3, 0.4) is 0 Å². The number of halogens is 2. The Kier molecular flexibility index (Phi) is 21.7. The Bertz CT molecular complexity index is 2250. The number of hydrogen-bond donors (Lipinski definition) is 0. The van der Waals surface area contributed by atoms with E-state index in [1.54, 1.807) is 7.11 Å². The molecular weight excluding hydrogens is 1090 g/mol. The number of rotatable bonds is 24. The van der Waals surface area contributed by atoms with Gasteiger partial charge in [0.15, 0.2) is 12.6 Å². The molecule has 8 rings (SSSR count). The maximum atomic E-state index is 7.02. The summed E-state index contributed by atoms with van der Waals surface area (Å²) in [4.78, 5) is 0. The molecule has 0 spiro atoms. The molecule has 0 aliphatic carbocycles. The van der Waals surface area contributed by atoms with Gasteiger partial charge in [0.05, 0.1) is 52.4 Å². The molecule has 0 aromatic heterocycles. The van der Waals surface area contributed by atoms with Gasteiger partial charge < -0.3 is 47.4 Å². The Labute approximate surface area is 432 Å². The predicted molar refractivity (Wildman–Crippen MR) is 279 cm³/mol. The van der Waals surface area contributed by atoms with Gasteiger partial charge in [-0.15, -0.1) is 24.0 Å². The lowest BCUT2D eigenvalue weighted by atomic mass is 9.95. The zero-order valence-corrected chi connectivity index (χ0v) is 42.8. The highest BCUT2D eigenvalue weighted by Gasteiger charge is 2.52. The molecule has 12 heteroatoms. The molecular formula is C56H62I2O10. The monoisotopic (exact) mass is 1150 g/mol. The van der Waals surface area contributed by atoms with Crippen LogP contribution in [0.1, 0.15) is 39.8 Å². The molecule has 6 aromatic carbocycles. The second-order valence-corrected chi connectivity index (χ2v) is 17.8. The van der Waals surface area contributed by atoms with E-state index < -0.39 is 55.3 Å². The molecule has 10 nitrogen and oxygen atoms in total. The van der Waals surface area contributed by atoms with Gasteiger partial charge in [-0.3, -0.25) is 0 Å². The Morgan fingerprint density at radius 3 is 0.956 bits per heavy atom.